The highest BCUT2D eigenvalue weighted by Crippen LogP contribution is 2.21. The van der Waals surface area contributed by atoms with E-state index in [2.05, 4.69) is 0 Å². The van der Waals surface area contributed by atoms with Crippen LogP contribution < -0.4 is 0 Å². The number of rotatable bonds is 4. The van der Waals surface area contributed by atoms with Crippen molar-refractivity contribution in [2.75, 3.05) is 19.8 Å². The van der Waals surface area contributed by atoms with Crippen molar-refractivity contribution in [1.29, 1.82) is 0 Å². The van der Waals surface area contributed by atoms with E-state index in [1.807, 2.05) is 6.92 Å². The van der Waals surface area contributed by atoms with Crippen molar-refractivity contribution in [3.05, 3.63) is 35.4 Å². The summed E-state index contributed by atoms with van der Waals surface area (Å²) in [5.41, 5.74) is 0.980. The summed E-state index contributed by atoms with van der Waals surface area (Å²) in [6, 6.07) is 6.87. The van der Waals surface area contributed by atoms with Crippen LogP contribution in [0.3, 0.4) is 0 Å². The molecular weight excluding hydrogens is 206 g/mol. The Morgan fingerprint density at radius 3 is 2.19 bits per heavy atom. The van der Waals surface area contributed by atoms with E-state index < -0.39 is 0 Å². The van der Waals surface area contributed by atoms with Gasteiger partial charge in [0.2, 0.25) is 0 Å². The van der Waals surface area contributed by atoms with Crippen LogP contribution in [0.2, 0.25) is 0 Å². The molecule has 0 saturated heterocycles. The largest absolute Gasteiger partial charge is 0.380 e. The van der Waals surface area contributed by atoms with Crippen molar-refractivity contribution in [2.24, 2.45) is 0 Å². The van der Waals surface area contributed by atoms with Gasteiger partial charge in [-0.25, -0.2) is 0 Å². The van der Waals surface area contributed by atoms with Crippen LogP contribution >= 0.6 is 0 Å². The summed E-state index contributed by atoms with van der Waals surface area (Å²) in [5.74, 6) is -0.444. The third-order valence-electron chi connectivity index (χ3n) is 2.54. The third-order valence-corrected chi connectivity index (χ3v) is 2.54. The Morgan fingerprint density at radius 2 is 1.69 bits per heavy atom. The quantitative estimate of drug-likeness (QED) is 0.566. The van der Waals surface area contributed by atoms with E-state index in [-0.39, 0.29) is 11.8 Å². The number of carbonyl (C=O) groups excluding carboxylic acids is 2. The van der Waals surface area contributed by atoms with E-state index >= 15 is 0 Å². The van der Waals surface area contributed by atoms with Crippen LogP contribution in [-0.4, -0.2) is 36.5 Å². The van der Waals surface area contributed by atoms with Crippen molar-refractivity contribution in [3.63, 3.8) is 0 Å². The molecule has 0 spiro atoms. The van der Waals surface area contributed by atoms with Gasteiger partial charge in [0.15, 0.2) is 0 Å². The van der Waals surface area contributed by atoms with Gasteiger partial charge in [0, 0.05) is 6.61 Å². The van der Waals surface area contributed by atoms with Crippen LogP contribution in [-0.2, 0) is 4.74 Å². The zero-order valence-corrected chi connectivity index (χ0v) is 9.10. The number of fused-ring (bicyclic) bond motifs is 1. The highest BCUT2D eigenvalue weighted by molar-refractivity contribution is 6.21. The molecule has 0 saturated carbocycles. The fourth-order valence-electron chi connectivity index (χ4n) is 1.74. The van der Waals surface area contributed by atoms with E-state index in [1.54, 1.807) is 24.3 Å². The van der Waals surface area contributed by atoms with E-state index in [9.17, 15) is 9.59 Å². The number of carbonyl (C=O) groups is 2. The van der Waals surface area contributed by atoms with Gasteiger partial charge in [0.1, 0.15) is 0 Å². The molecule has 2 rings (SSSR count). The molecule has 0 bridgehead atoms. The molecule has 1 aliphatic rings. The molecular formula is C12H13NO3. The lowest BCUT2D eigenvalue weighted by Gasteiger charge is -2.12. The summed E-state index contributed by atoms with van der Waals surface area (Å²) in [5, 5.41) is 0. The van der Waals surface area contributed by atoms with Crippen LogP contribution in [0.25, 0.3) is 0 Å². The number of nitrogens with zero attached hydrogens (tertiary/aromatic N) is 1. The molecule has 1 aliphatic heterocycles. The smallest absolute Gasteiger partial charge is 0.261 e. The first kappa shape index (κ1) is 10.8. The van der Waals surface area contributed by atoms with Crippen LogP contribution in [0.4, 0.5) is 0 Å². The molecule has 1 aromatic rings. The molecule has 4 heteroatoms. The Kier molecular flexibility index (Phi) is 3.01. The van der Waals surface area contributed by atoms with E-state index in [0.717, 1.165) is 0 Å². The maximum absolute atomic E-state index is 11.9. The van der Waals surface area contributed by atoms with Crippen molar-refractivity contribution < 1.29 is 14.3 Å². The molecule has 0 fully saturated rings. The minimum Gasteiger partial charge on any atom is -0.380 e. The summed E-state index contributed by atoms with van der Waals surface area (Å²) in [6.45, 7) is 3.17. The lowest BCUT2D eigenvalue weighted by Crippen LogP contribution is -2.33. The molecule has 0 aromatic heterocycles. The number of amides is 2. The molecule has 0 atom stereocenters. The second-order valence-corrected chi connectivity index (χ2v) is 3.50. The molecule has 1 aromatic carbocycles. The fraction of sp³-hybridized carbons (Fsp3) is 0.333. The molecule has 4 nitrogen and oxygen atoms in total. The summed E-state index contributed by atoms with van der Waals surface area (Å²) in [6.07, 6.45) is 0. The Balaban J connectivity index is 2.15. The second-order valence-electron chi connectivity index (χ2n) is 3.50. The third kappa shape index (κ3) is 1.72. The summed E-state index contributed by atoms with van der Waals surface area (Å²) in [7, 11) is 0. The molecule has 1 heterocycles. The average Bonchev–Trinajstić information content (AvgIpc) is 2.55. The van der Waals surface area contributed by atoms with E-state index in [0.29, 0.717) is 30.9 Å². The van der Waals surface area contributed by atoms with Gasteiger partial charge >= 0.3 is 0 Å². The normalized spacial score (nSPS) is 14.4. The lowest BCUT2D eigenvalue weighted by molar-refractivity contribution is 0.0574. The Hall–Kier alpha value is -1.68. The van der Waals surface area contributed by atoms with Crippen molar-refractivity contribution >= 4 is 11.8 Å². The zero-order valence-electron chi connectivity index (χ0n) is 9.10. The van der Waals surface area contributed by atoms with Gasteiger partial charge in [-0.05, 0) is 19.1 Å². The van der Waals surface area contributed by atoms with Gasteiger partial charge in [-0.15, -0.1) is 0 Å². The maximum atomic E-state index is 11.9. The van der Waals surface area contributed by atoms with Crippen molar-refractivity contribution in [2.45, 2.75) is 6.92 Å². The van der Waals surface area contributed by atoms with Gasteiger partial charge < -0.3 is 4.74 Å². The Labute approximate surface area is 93.8 Å². The maximum Gasteiger partial charge on any atom is 0.261 e. The SMILES string of the molecule is CCOCCN1C(=O)c2ccccc2C1=O. The highest BCUT2D eigenvalue weighted by atomic mass is 16.5. The molecule has 16 heavy (non-hydrogen) atoms. The summed E-state index contributed by atoms with van der Waals surface area (Å²) < 4.78 is 5.14. The first-order valence-corrected chi connectivity index (χ1v) is 5.28. The van der Waals surface area contributed by atoms with E-state index in [4.69, 9.17) is 4.74 Å². The number of imide groups is 1. The number of hydrogen-bond acceptors (Lipinski definition) is 3. The van der Waals surface area contributed by atoms with Gasteiger partial charge in [0.05, 0.1) is 24.3 Å². The predicted molar refractivity (Wildman–Crippen MR) is 58.3 cm³/mol. The second kappa shape index (κ2) is 4.45. The molecule has 84 valence electrons. The average molecular weight is 219 g/mol. The van der Waals surface area contributed by atoms with E-state index in [1.165, 1.54) is 4.90 Å². The number of benzene rings is 1. The molecule has 0 N–H and O–H groups in total. The van der Waals surface area contributed by atoms with Gasteiger partial charge in [-0.3, -0.25) is 14.5 Å². The van der Waals surface area contributed by atoms with Gasteiger partial charge in [-0.1, -0.05) is 12.1 Å². The van der Waals surface area contributed by atoms with Crippen LogP contribution in [0.15, 0.2) is 24.3 Å². The Bertz CT molecular complexity index is 393. The standard InChI is InChI=1S/C12H13NO3/c1-2-16-8-7-13-11(14)9-5-3-4-6-10(9)12(13)15/h3-6H,2,7-8H2,1H3. The molecule has 0 radical (unpaired) electrons. The minimum absolute atomic E-state index is 0.222. The van der Waals surface area contributed by atoms with Crippen LogP contribution in [0, 0.1) is 0 Å². The molecule has 2 amide bonds. The monoisotopic (exact) mass is 219 g/mol. The first-order chi connectivity index (χ1) is 7.75. The van der Waals surface area contributed by atoms with Crippen LogP contribution in [0.5, 0.6) is 0 Å². The van der Waals surface area contributed by atoms with Crippen molar-refractivity contribution in [1.82, 2.24) is 4.90 Å². The predicted octanol–water partition coefficient (Wildman–Crippen LogP) is 1.32. The van der Waals surface area contributed by atoms with Gasteiger partial charge in [-0.2, -0.15) is 0 Å². The zero-order chi connectivity index (χ0) is 11.5. The van der Waals surface area contributed by atoms with Gasteiger partial charge in [0.25, 0.3) is 11.8 Å². The number of ether oxygens (including phenoxy) is 1. The molecule has 0 unspecified atom stereocenters. The topological polar surface area (TPSA) is 46.6 Å². The highest BCUT2D eigenvalue weighted by Gasteiger charge is 2.34. The number of hydrogen-bond donors (Lipinski definition) is 0. The molecule has 0 aliphatic carbocycles. The summed E-state index contributed by atoms with van der Waals surface area (Å²) in [4.78, 5) is 24.9. The first-order valence-electron chi connectivity index (χ1n) is 5.28. The summed E-state index contributed by atoms with van der Waals surface area (Å²) >= 11 is 0. The minimum atomic E-state index is -0.222. The van der Waals surface area contributed by atoms with Crippen molar-refractivity contribution in [3.8, 4) is 0 Å². The Morgan fingerprint density at radius 1 is 1.12 bits per heavy atom. The lowest BCUT2D eigenvalue weighted by atomic mass is 10.1. The fourth-order valence-corrected chi connectivity index (χ4v) is 1.74. The van der Waals surface area contributed by atoms with Crippen LogP contribution in [0.1, 0.15) is 27.6 Å².